The van der Waals surface area contributed by atoms with Gasteiger partial charge < -0.3 is 10.6 Å². The number of thioether (sulfide) groups is 1. The van der Waals surface area contributed by atoms with Crippen LogP contribution in [0.3, 0.4) is 0 Å². The second-order valence-electron chi connectivity index (χ2n) is 6.66. The van der Waals surface area contributed by atoms with Crippen molar-refractivity contribution < 1.29 is 14.3 Å². The number of fused-ring (bicyclic) bond motifs is 1. The van der Waals surface area contributed by atoms with E-state index in [-0.39, 0.29) is 10.9 Å². The first-order valence-electron chi connectivity index (χ1n) is 9.43. The predicted octanol–water partition coefficient (Wildman–Crippen LogP) is 2.90. The number of imide groups is 1. The molecule has 0 bridgehead atoms. The molecule has 4 aromatic rings. The summed E-state index contributed by atoms with van der Waals surface area (Å²) >= 11 is 2.31. The Kier molecular flexibility index (Phi) is 6.24. The number of nitrogen functional groups attached to an aromatic ring is 1. The molecular weight excluding hydrogens is 448 g/mol. The number of nitrogens with two attached hydrogens (primary N) is 1. The lowest BCUT2D eigenvalue weighted by atomic mass is 10.1. The standard InChI is InChI=1S/C22H18N4O4S2/c1-30-15-9-7-14(8-10-15)19(28)24-17(27)12-32-22-25-20-18(21(29)26(22)23)16(11-31-20)13-5-3-2-4-6-13/h2-11H,12,23H2,1H3,(H,24,27,28). The molecule has 0 atom stereocenters. The minimum absolute atomic E-state index is 0.131. The summed E-state index contributed by atoms with van der Waals surface area (Å²) in [6.45, 7) is 0. The molecule has 4 rings (SSSR count). The summed E-state index contributed by atoms with van der Waals surface area (Å²) in [6, 6.07) is 15.9. The quantitative estimate of drug-likeness (QED) is 0.255. The number of carbonyl (C=O) groups is 2. The molecule has 0 saturated carbocycles. The van der Waals surface area contributed by atoms with Gasteiger partial charge in [0, 0.05) is 16.5 Å². The summed E-state index contributed by atoms with van der Waals surface area (Å²) < 4.78 is 5.98. The highest BCUT2D eigenvalue weighted by Gasteiger charge is 2.18. The molecule has 0 aliphatic heterocycles. The van der Waals surface area contributed by atoms with Crippen molar-refractivity contribution in [3.8, 4) is 16.9 Å². The van der Waals surface area contributed by atoms with Gasteiger partial charge in [-0.1, -0.05) is 42.1 Å². The van der Waals surface area contributed by atoms with E-state index in [2.05, 4.69) is 10.3 Å². The Bertz CT molecular complexity index is 1350. The lowest BCUT2D eigenvalue weighted by molar-refractivity contribution is -0.117. The van der Waals surface area contributed by atoms with Gasteiger partial charge >= 0.3 is 0 Å². The number of carbonyl (C=O) groups excluding carboxylic acids is 2. The fourth-order valence-corrected chi connectivity index (χ4v) is 4.73. The van der Waals surface area contributed by atoms with Crippen LogP contribution in [0.5, 0.6) is 5.75 Å². The van der Waals surface area contributed by atoms with Crippen LogP contribution >= 0.6 is 23.1 Å². The number of hydrogen-bond acceptors (Lipinski definition) is 8. The van der Waals surface area contributed by atoms with Crippen molar-refractivity contribution >= 4 is 45.1 Å². The van der Waals surface area contributed by atoms with Crippen molar-refractivity contribution in [3.05, 3.63) is 75.9 Å². The zero-order valence-electron chi connectivity index (χ0n) is 16.9. The van der Waals surface area contributed by atoms with Crippen molar-refractivity contribution in [2.24, 2.45) is 0 Å². The Morgan fingerprint density at radius 3 is 2.56 bits per heavy atom. The second-order valence-corrected chi connectivity index (χ2v) is 8.46. The lowest BCUT2D eigenvalue weighted by Gasteiger charge is -2.08. The Morgan fingerprint density at radius 2 is 1.88 bits per heavy atom. The van der Waals surface area contributed by atoms with Crippen LogP contribution in [0.15, 0.2) is 69.9 Å². The molecule has 0 fully saturated rings. The highest BCUT2D eigenvalue weighted by atomic mass is 32.2. The van der Waals surface area contributed by atoms with Crippen molar-refractivity contribution in [3.63, 3.8) is 0 Å². The zero-order valence-corrected chi connectivity index (χ0v) is 18.5. The lowest BCUT2D eigenvalue weighted by Crippen LogP contribution is -2.33. The van der Waals surface area contributed by atoms with Crippen LogP contribution in [0.2, 0.25) is 0 Å². The van der Waals surface area contributed by atoms with Crippen molar-refractivity contribution in [2.45, 2.75) is 5.16 Å². The van der Waals surface area contributed by atoms with E-state index in [1.165, 1.54) is 18.4 Å². The van der Waals surface area contributed by atoms with E-state index in [4.69, 9.17) is 10.6 Å². The Labute approximate surface area is 191 Å². The number of rotatable bonds is 6. The highest BCUT2D eigenvalue weighted by molar-refractivity contribution is 7.99. The fourth-order valence-electron chi connectivity index (χ4n) is 3.02. The molecule has 0 spiro atoms. The molecule has 0 radical (unpaired) electrons. The summed E-state index contributed by atoms with van der Waals surface area (Å²) in [7, 11) is 1.52. The Morgan fingerprint density at radius 1 is 1.16 bits per heavy atom. The number of nitrogens with zero attached hydrogens (tertiary/aromatic N) is 2. The molecule has 8 nitrogen and oxygen atoms in total. The number of methoxy groups -OCH3 is 1. The molecule has 2 heterocycles. The first-order valence-corrected chi connectivity index (χ1v) is 11.3. The van der Waals surface area contributed by atoms with Gasteiger partial charge in [0.1, 0.15) is 10.6 Å². The van der Waals surface area contributed by atoms with Crippen LogP contribution in [-0.2, 0) is 4.79 Å². The number of amides is 2. The zero-order chi connectivity index (χ0) is 22.7. The molecule has 2 amide bonds. The van der Waals surface area contributed by atoms with Gasteiger partial charge in [0.2, 0.25) is 5.91 Å². The maximum absolute atomic E-state index is 12.9. The van der Waals surface area contributed by atoms with E-state index < -0.39 is 17.4 Å². The molecule has 0 aliphatic rings. The van der Waals surface area contributed by atoms with E-state index in [0.29, 0.717) is 21.5 Å². The first kappa shape index (κ1) is 21.6. The molecular formula is C22H18N4O4S2. The number of benzene rings is 2. The third kappa shape index (κ3) is 4.36. The van der Waals surface area contributed by atoms with Gasteiger partial charge in [-0.3, -0.25) is 19.7 Å². The molecule has 0 unspecified atom stereocenters. The average Bonchev–Trinajstić information content (AvgIpc) is 3.25. The smallest absolute Gasteiger partial charge is 0.282 e. The van der Waals surface area contributed by atoms with Gasteiger partial charge in [-0.25, -0.2) is 9.66 Å². The summed E-state index contributed by atoms with van der Waals surface area (Å²) in [5, 5.41) is 4.80. The number of aromatic nitrogens is 2. The Balaban J connectivity index is 1.48. The monoisotopic (exact) mass is 466 g/mol. The van der Waals surface area contributed by atoms with Gasteiger partial charge in [-0.15, -0.1) is 11.3 Å². The van der Waals surface area contributed by atoms with E-state index in [0.717, 1.165) is 27.6 Å². The van der Waals surface area contributed by atoms with E-state index >= 15 is 0 Å². The van der Waals surface area contributed by atoms with Gasteiger partial charge in [-0.05, 0) is 29.8 Å². The minimum atomic E-state index is -0.530. The largest absolute Gasteiger partial charge is 0.497 e. The molecule has 32 heavy (non-hydrogen) atoms. The van der Waals surface area contributed by atoms with E-state index in [1.54, 1.807) is 24.3 Å². The van der Waals surface area contributed by atoms with Crippen LogP contribution in [0, 0.1) is 0 Å². The van der Waals surface area contributed by atoms with Gasteiger partial charge in [0.05, 0.1) is 18.2 Å². The predicted molar refractivity (Wildman–Crippen MR) is 126 cm³/mol. The second kappa shape index (κ2) is 9.25. The van der Waals surface area contributed by atoms with Crippen molar-refractivity contribution in [1.82, 2.24) is 15.0 Å². The Hall–Kier alpha value is -3.63. The van der Waals surface area contributed by atoms with E-state index in [9.17, 15) is 14.4 Å². The fraction of sp³-hybridized carbons (Fsp3) is 0.0909. The third-order valence-corrected chi connectivity index (χ3v) is 6.45. The summed E-state index contributed by atoms with van der Waals surface area (Å²) in [4.78, 5) is 42.3. The van der Waals surface area contributed by atoms with Crippen molar-refractivity contribution in [2.75, 3.05) is 18.7 Å². The van der Waals surface area contributed by atoms with Crippen molar-refractivity contribution in [1.29, 1.82) is 0 Å². The molecule has 2 aromatic heterocycles. The third-order valence-electron chi connectivity index (χ3n) is 4.63. The maximum atomic E-state index is 12.9. The maximum Gasteiger partial charge on any atom is 0.282 e. The van der Waals surface area contributed by atoms with Crippen LogP contribution in [0.1, 0.15) is 10.4 Å². The average molecular weight is 467 g/mol. The summed E-state index contributed by atoms with van der Waals surface area (Å²) in [6.07, 6.45) is 0. The van der Waals surface area contributed by atoms with Crippen LogP contribution in [-0.4, -0.2) is 34.3 Å². The SMILES string of the molecule is COc1ccc(C(=O)NC(=O)CSc2nc3scc(-c4ccccc4)c3c(=O)n2N)cc1. The van der Waals surface area contributed by atoms with Crippen LogP contribution in [0.4, 0.5) is 0 Å². The normalized spacial score (nSPS) is 10.8. The highest BCUT2D eigenvalue weighted by Crippen LogP contribution is 2.31. The number of hydrogen-bond donors (Lipinski definition) is 2. The first-order chi connectivity index (χ1) is 15.5. The molecule has 0 saturated heterocycles. The van der Waals surface area contributed by atoms with E-state index in [1.807, 2.05) is 35.7 Å². The molecule has 3 N–H and O–H groups in total. The number of ether oxygens (including phenoxy) is 1. The molecule has 0 aliphatic carbocycles. The van der Waals surface area contributed by atoms with Crippen LogP contribution < -0.4 is 21.5 Å². The van der Waals surface area contributed by atoms with Gasteiger partial charge in [0.25, 0.3) is 11.5 Å². The number of nitrogens with one attached hydrogen (secondary N) is 1. The summed E-state index contributed by atoms with van der Waals surface area (Å²) in [5.74, 6) is 5.39. The summed E-state index contributed by atoms with van der Waals surface area (Å²) in [5.41, 5.74) is 1.59. The topological polar surface area (TPSA) is 116 Å². The van der Waals surface area contributed by atoms with Gasteiger partial charge in [0.15, 0.2) is 5.16 Å². The van der Waals surface area contributed by atoms with Crippen LogP contribution in [0.25, 0.3) is 21.3 Å². The molecule has 162 valence electrons. The minimum Gasteiger partial charge on any atom is -0.497 e. The van der Waals surface area contributed by atoms with Gasteiger partial charge in [-0.2, -0.15) is 0 Å². The molecule has 2 aromatic carbocycles. The number of thiophene rings is 1. The molecule has 10 heteroatoms.